The molecule has 5 heteroatoms. The molecule has 2 aliphatic rings. The minimum absolute atomic E-state index is 0.0576. The lowest BCUT2D eigenvalue weighted by atomic mass is 9.82. The van der Waals surface area contributed by atoms with Gasteiger partial charge in [0.15, 0.2) is 0 Å². The third-order valence-electron chi connectivity index (χ3n) is 4.89. The van der Waals surface area contributed by atoms with Crippen LogP contribution in [0, 0.1) is 11.8 Å². The lowest BCUT2D eigenvalue weighted by Crippen LogP contribution is -2.44. The van der Waals surface area contributed by atoms with E-state index in [1.165, 1.54) is 30.6 Å². The largest absolute Gasteiger partial charge is 0.497 e. The van der Waals surface area contributed by atoms with E-state index < -0.39 is 0 Å². The zero-order valence-electron chi connectivity index (χ0n) is 13.0. The standard InChI is InChI=1S/C17H22N2O3/c1-22-15-6-7-18-14(10-15)11-19-16(20)8-13(9-17(19)21)12-4-2-3-5-12/h6-7,10,12-13H,2-5,8-9,11H2,1H3. The fourth-order valence-corrected chi connectivity index (χ4v) is 3.65. The number of hydrogen-bond acceptors (Lipinski definition) is 4. The number of piperidine rings is 1. The Balaban J connectivity index is 1.67. The summed E-state index contributed by atoms with van der Waals surface area (Å²) in [5.74, 6) is 1.38. The number of hydrogen-bond donors (Lipinski definition) is 0. The highest BCUT2D eigenvalue weighted by atomic mass is 16.5. The lowest BCUT2D eigenvalue weighted by Gasteiger charge is -2.32. The molecule has 5 nitrogen and oxygen atoms in total. The van der Waals surface area contributed by atoms with Crippen LogP contribution in [0.25, 0.3) is 0 Å². The van der Waals surface area contributed by atoms with Crippen LogP contribution in [0.15, 0.2) is 18.3 Å². The number of carbonyl (C=O) groups is 2. The third-order valence-corrected chi connectivity index (χ3v) is 4.89. The predicted molar refractivity (Wildman–Crippen MR) is 81.0 cm³/mol. The molecular weight excluding hydrogens is 280 g/mol. The minimum Gasteiger partial charge on any atom is -0.497 e. The van der Waals surface area contributed by atoms with Gasteiger partial charge in [0.25, 0.3) is 0 Å². The quantitative estimate of drug-likeness (QED) is 0.802. The molecule has 118 valence electrons. The van der Waals surface area contributed by atoms with Crippen LogP contribution >= 0.6 is 0 Å². The molecule has 0 atom stereocenters. The van der Waals surface area contributed by atoms with Crippen molar-refractivity contribution in [2.24, 2.45) is 11.8 Å². The van der Waals surface area contributed by atoms with E-state index in [2.05, 4.69) is 4.98 Å². The summed E-state index contributed by atoms with van der Waals surface area (Å²) in [6.45, 7) is 0.242. The molecule has 0 unspecified atom stereocenters. The SMILES string of the molecule is COc1ccnc(CN2C(=O)CC(C3CCCC3)CC2=O)c1. The topological polar surface area (TPSA) is 59.5 Å². The van der Waals surface area contributed by atoms with Crippen molar-refractivity contribution in [3.8, 4) is 5.75 Å². The van der Waals surface area contributed by atoms with Crippen molar-refractivity contribution in [1.29, 1.82) is 0 Å². The maximum absolute atomic E-state index is 12.4. The van der Waals surface area contributed by atoms with Gasteiger partial charge in [-0.3, -0.25) is 19.5 Å². The first-order chi connectivity index (χ1) is 10.7. The normalized spacial score (nSPS) is 20.7. The fraction of sp³-hybridized carbons (Fsp3) is 0.588. The van der Waals surface area contributed by atoms with Crippen LogP contribution < -0.4 is 4.74 Å². The maximum atomic E-state index is 12.4. The van der Waals surface area contributed by atoms with Gasteiger partial charge in [0, 0.05) is 25.1 Å². The van der Waals surface area contributed by atoms with Crippen molar-refractivity contribution in [2.45, 2.75) is 45.1 Å². The minimum atomic E-state index is -0.0576. The molecule has 2 fully saturated rings. The molecule has 1 saturated carbocycles. The van der Waals surface area contributed by atoms with Gasteiger partial charge in [-0.1, -0.05) is 25.7 Å². The van der Waals surface area contributed by atoms with Crippen LogP contribution in [0.2, 0.25) is 0 Å². The highest BCUT2D eigenvalue weighted by molar-refractivity contribution is 5.97. The van der Waals surface area contributed by atoms with E-state index in [-0.39, 0.29) is 24.3 Å². The molecule has 0 aromatic carbocycles. The molecule has 0 bridgehead atoms. The summed E-state index contributed by atoms with van der Waals surface area (Å²) < 4.78 is 5.15. The number of methoxy groups -OCH3 is 1. The van der Waals surface area contributed by atoms with Crippen molar-refractivity contribution in [3.63, 3.8) is 0 Å². The Hall–Kier alpha value is -1.91. The first-order valence-corrected chi connectivity index (χ1v) is 7.99. The van der Waals surface area contributed by atoms with Crippen molar-refractivity contribution in [1.82, 2.24) is 9.88 Å². The molecule has 1 aliphatic carbocycles. The van der Waals surface area contributed by atoms with Gasteiger partial charge < -0.3 is 4.74 Å². The maximum Gasteiger partial charge on any atom is 0.229 e. The number of amides is 2. The summed E-state index contributed by atoms with van der Waals surface area (Å²) in [6, 6.07) is 3.52. The number of imide groups is 1. The molecule has 2 amide bonds. The molecular formula is C17H22N2O3. The molecule has 0 spiro atoms. The van der Waals surface area contributed by atoms with Gasteiger partial charge in [0.1, 0.15) is 5.75 Å². The Labute approximate surface area is 130 Å². The first-order valence-electron chi connectivity index (χ1n) is 7.99. The fourth-order valence-electron chi connectivity index (χ4n) is 3.65. The summed E-state index contributed by atoms with van der Waals surface area (Å²) in [6.07, 6.45) is 7.45. The second-order valence-electron chi connectivity index (χ2n) is 6.27. The van der Waals surface area contributed by atoms with Crippen LogP contribution in [0.3, 0.4) is 0 Å². The molecule has 1 aromatic heterocycles. The van der Waals surface area contributed by atoms with E-state index >= 15 is 0 Å². The average Bonchev–Trinajstić information content (AvgIpc) is 3.05. The monoisotopic (exact) mass is 302 g/mol. The smallest absolute Gasteiger partial charge is 0.229 e. The molecule has 3 rings (SSSR count). The summed E-state index contributed by atoms with van der Waals surface area (Å²) in [7, 11) is 1.59. The number of rotatable bonds is 4. The summed E-state index contributed by atoms with van der Waals surface area (Å²) in [5.41, 5.74) is 0.681. The van der Waals surface area contributed by atoms with E-state index in [1.807, 2.05) is 0 Å². The lowest BCUT2D eigenvalue weighted by molar-refractivity contribution is -0.151. The number of carbonyl (C=O) groups excluding carboxylic acids is 2. The van der Waals surface area contributed by atoms with E-state index in [0.717, 1.165) is 0 Å². The molecule has 1 saturated heterocycles. The predicted octanol–water partition coefficient (Wildman–Crippen LogP) is 2.55. The highest BCUT2D eigenvalue weighted by Crippen LogP contribution is 2.37. The van der Waals surface area contributed by atoms with Gasteiger partial charge in [-0.25, -0.2) is 0 Å². The molecule has 2 heterocycles. The van der Waals surface area contributed by atoms with Crippen LogP contribution in [0.1, 0.15) is 44.2 Å². The molecule has 1 aromatic rings. The molecule has 0 N–H and O–H groups in total. The van der Waals surface area contributed by atoms with Crippen molar-refractivity contribution in [2.75, 3.05) is 7.11 Å². The second kappa shape index (κ2) is 6.46. The number of nitrogens with zero attached hydrogens (tertiary/aromatic N) is 2. The Morgan fingerprint density at radius 2 is 1.86 bits per heavy atom. The van der Waals surface area contributed by atoms with Crippen LogP contribution in [-0.2, 0) is 16.1 Å². The van der Waals surface area contributed by atoms with Gasteiger partial charge in [0.05, 0.1) is 19.3 Å². The number of aromatic nitrogens is 1. The van der Waals surface area contributed by atoms with E-state index in [9.17, 15) is 9.59 Å². The Bertz CT molecular complexity index is 549. The van der Waals surface area contributed by atoms with Gasteiger partial charge in [-0.05, 0) is 17.9 Å². The number of pyridine rings is 1. The van der Waals surface area contributed by atoms with Crippen molar-refractivity contribution < 1.29 is 14.3 Å². The van der Waals surface area contributed by atoms with Gasteiger partial charge >= 0.3 is 0 Å². The highest BCUT2D eigenvalue weighted by Gasteiger charge is 2.37. The van der Waals surface area contributed by atoms with Crippen LogP contribution in [0.4, 0.5) is 0 Å². The summed E-state index contributed by atoms with van der Waals surface area (Å²) in [5, 5.41) is 0. The number of ether oxygens (including phenoxy) is 1. The molecule has 0 radical (unpaired) electrons. The Morgan fingerprint density at radius 3 is 2.50 bits per heavy atom. The van der Waals surface area contributed by atoms with Crippen molar-refractivity contribution >= 4 is 11.8 Å². The average molecular weight is 302 g/mol. The zero-order valence-corrected chi connectivity index (χ0v) is 13.0. The van der Waals surface area contributed by atoms with Gasteiger partial charge in [0.2, 0.25) is 11.8 Å². The number of likely N-dealkylation sites (tertiary alicyclic amines) is 1. The van der Waals surface area contributed by atoms with Gasteiger partial charge in [-0.2, -0.15) is 0 Å². The summed E-state index contributed by atoms with van der Waals surface area (Å²) >= 11 is 0. The Kier molecular flexibility index (Phi) is 4.41. The van der Waals surface area contributed by atoms with E-state index in [1.54, 1.807) is 25.4 Å². The van der Waals surface area contributed by atoms with Crippen LogP contribution in [-0.4, -0.2) is 28.8 Å². The van der Waals surface area contributed by atoms with Crippen molar-refractivity contribution in [3.05, 3.63) is 24.0 Å². The van der Waals surface area contributed by atoms with Crippen LogP contribution in [0.5, 0.6) is 5.75 Å². The Morgan fingerprint density at radius 1 is 1.18 bits per heavy atom. The van der Waals surface area contributed by atoms with E-state index in [0.29, 0.717) is 30.2 Å². The first kappa shape index (κ1) is 15.0. The summed E-state index contributed by atoms with van der Waals surface area (Å²) in [4.78, 5) is 30.3. The van der Waals surface area contributed by atoms with E-state index in [4.69, 9.17) is 4.74 Å². The molecule has 22 heavy (non-hydrogen) atoms. The third kappa shape index (κ3) is 3.13. The molecule has 1 aliphatic heterocycles. The van der Waals surface area contributed by atoms with Gasteiger partial charge in [-0.15, -0.1) is 0 Å². The zero-order chi connectivity index (χ0) is 15.5. The second-order valence-corrected chi connectivity index (χ2v) is 6.27.